The number of amides is 4. The quantitative estimate of drug-likeness (QED) is 0.321. The van der Waals surface area contributed by atoms with Crippen LogP contribution in [-0.2, 0) is 14.4 Å². The molecule has 1 saturated heterocycles. The first kappa shape index (κ1) is 18.7. The number of nitrogens with two attached hydrogens (primary N) is 2. The first-order chi connectivity index (χ1) is 10.9. The maximum Gasteiger partial charge on any atom is 0.326 e. The lowest BCUT2D eigenvalue weighted by atomic mass is 10.1. The Hall–Kier alpha value is -2.36. The topological polar surface area (TPSA) is 168 Å². The molecular formula is C13H23N5O5. The zero-order chi connectivity index (χ0) is 17.4. The van der Waals surface area contributed by atoms with Gasteiger partial charge in [-0.25, -0.2) is 9.59 Å². The van der Waals surface area contributed by atoms with E-state index in [4.69, 9.17) is 16.6 Å². The Balaban J connectivity index is 2.54. The summed E-state index contributed by atoms with van der Waals surface area (Å²) in [6.07, 6.45) is 1.63. The highest BCUT2D eigenvalue weighted by molar-refractivity contribution is 5.91. The summed E-state index contributed by atoms with van der Waals surface area (Å²) in [6, 6.07) is -2.47. The van der Waals surface area contributed by atoms with Crippen LogP contribution in [0.25, 0.3) is 0 Å². The Kier molecular flexibility index (Phi) is 7.26. The molecule has 0 aliphatic carbocycles. The first-order valence-electron chi connectivity index (χ1n) is 7.42. The van der Waals surface area contributed by atoms with Gasteiger partial charge in [0.15, 0.2) is 0 Å². The van der Waals surface area contributed by atoms with E-state index in [1.54, 1.807) is 0 Å². The minimum atomic E-state index is -1.17. The van der Waals surface area contributed by atoms with Crippen LogP contribution in [-0.4, -0.2) is 65.5 Å². The summed E-state index contributed by atoms with van der Waals surface area (Å²) in [5.74, 6) is -2.01. The second kappa shape index (κ2) is 8.93. The fourth-order valence-corrected chi connectivity index (χ4v) is 2.50. The van der Waals surface area contributed by atoms with Crippen LogP contribution in [0, 0.1) is 0 Å². The van der Waals surface area contributed by atoms with E-state index in [1.807, 2.05) is 0 Å². The number of likely N-dealkylation sites (tertiary alicyclic amines) is 1. The summed E-state index contributed by atoms with van der Waals surface area (Å²) < 4.78 is 0. The van der Waals surface area contributed by atoms with Crippen molar-refractivity contribution in [3.63, 3.8) is 0 Å². The SMILES string of the molecule is NCC(=O)N1CCC[C@H]1C(=O)N[C@@H](CCCNC(N)=O)C(=O)O. The van der Waals surface area contributed by atoms with Crippen LogP contribution in [0.4, 0.5) is 4.79 Å². The Bertz CT molecular complexity index is 470. The second-order valence-electron chi connectivity index (χ2n) is 5.28. The number of hydrogen-bond donors (Lipinski definition) is 5. The average Bonchev–Trinajstić information content (AvgIpc) is 2.98. The van der Waals surface area contributed by atoms with E-state index in [-0.39, 0.29) is 25.4 Å². The van der Waals surface area contributed by atoms with Gasteiger partial charge in [-0.05, 0) is 25.7 Å². The Labute approximate surface area is 133 Å². The molecule has 1 aliphatic rings. The molecule has 1 aliphatic heterocycles. The maximum absolute atomic E-state index is 12.2. The smallest absolute Gasteiger partial charge is 0.326 e. The third-order valence-corrected chi connectivity index (χ3v) is 3.63. The Morgan fingerprint density at radius 1 is 1.30 bits per heavy atom. The van der Waals surface area contributed by atoms with Crippen LogP contribution in [0.5, 0.6) is 0 Å². The Morgan fingerprint density at radius 3 is 2.57 bits per heavy atom. The molecule has 1 rings (SSSR count). The number of primary amides is 1. The molecule has 4 amide bonds. The van der Waals surface area contributed by atoms with E-state index < -0.39 is 30.0 Å². The molecule has 0 radical (unpaired) electrons. The predicted octanol–water partition coefficient (Wildman–Crippen LogP) is -2.05. The normalized spacial score (nSPS) is 18.3. The summed E-state index contributed by atoms with van der Waals surface area (Å²) in [6.45, 7) is 0.468. The van der Waals surface area contributed by atoms with Crippen molar-refractivity contribution in [1.29, 1.82) is 0 Å². The van der Waals surface area contributed by atoms with Crippen molar-refractivity contribution in [2.75, 3.05) is 19.6 Å². The van der Waals surface area contributed by atoms with E-state index >= 15 is 0 Å². The summed E-state index contributed by atoms with van der Waals surface area (Å²) >= 11 is 0. The molecule has 2 atom stereocenters. The Morgan fingerprint density at radius 2 is 2.00 bits per heavy atom. The lowest BCUT2D eigenvalue weighted by molar-refractivity contribution is -0.143. The van der Waals surface area contributed by atoms with E-state index in [9.17, 15) is 19.2 Å². The molecule has 10 nitrogen and oxygen atoms in total. The summed E-state index contributed by atoms with van der Waals surface area (Å²) in [5, 5.41) is 14.0. The zero-order valence-electron chi connectivity index (χ0n) is 12.8. The molecule has 0 spiro atoms. The van der Waals surface area contributed by atoms with Gasteiger partial charge < -0.3 is 32.1 Å². The molecular weight excluding hydrogens is 306 g/mol. The molecule has 23 heavy (non-hydrogen) atoms. The number of urea groups is 1. The zero-order valence-corrected chi connectivity index (χ0v) is 12.8. The van der Waals surface area contributed by atoms with Crippen molar-refractivity contribution < 1.29 is 24.3 Å². The van der Waals surface area contributed by atoms with E-state index in [0.29, 0.717) is 25.8 Å². The highest BCUT2D eigenvalue weighted by atomic mass is 16.4. The van der Waals surface area contributed by atoms with Crippen molar-refractivity contribution in [1.82, 2.24) is 15.5 Å². The predicted molar refractivity (Wildman–Crippen MR) is 80.2 cm³/mol. The van der Waals surface area contributed by atoms with Crippen LogP contribution in [0.3, 0.4) is 0 Å². The molecule has 0 bridgehead atoms. The van der Waals surface area contributed by atoms with Crippen LogP contribution < -0.4 is 22.1 Å². The van der Waals surface area contributed by atoms with Gasteiger partial charge >= 0.3 is 12.0 Å². The van der Waals surface area contributed by atoms with Gasteiger partial charge in [0.05, 0.1) is 6.54 Å². The van der Waals surface area contributed by atoms with Crippen LogP contribution in [0.1, 0.15) is 25.7 Å². The maximum atomic E-state index is 12.2. The van der Waals surface area contributed by atoms with E-state index in [0.717, 1.165) is 0 Å². The fourth-order valence-electron chi connectivity index (χ4n) is 2.50. The molecule has 10 heteroatoms. The van der Waals surface area contributed by atoms with Gasteiger partial charge in [0.1, 0.15) is 12.1 Å². The molecule has 130 valence electrons. The lowest BCUT2D eigenvalue weighted by Crippen LogP contribution is -2.52. The summed E-state index contributed by atoms with van der Waals surface area (Å²) in [4.78, 5) is 47.0. The number of hydrogen-bond acceptors (Lipinski definition) is 5. The number of carbonyl (C=O) groups is 4. The van der Waals surface area contributed by atoms with Gasteiger partial charge in [-0.2, -0.15) is 0 Å². The van der Waals surface area contributed by atoms with E-state index in [1.165, 1.54) is 4.90 Å². The summed E-state index contributed by atoms with van der Waals surface area (Å²) in [5.41, 5.74) is 10.2. The molecule has 7 N–H and O–H groups in total. The second-order valence-corrected chi connectivity index (χ2v) is 5.28. The van der Waals surface area contributed by atoms with E-state index in [2.05, 4.69) is 10.6 Å². The van der Waals surface area contributed by atoms with Crippen molar-refractivity contribution in [3.8, 4) is 0 Å². The largest absolute Gasteiger partial charge is 0.480 e. The number of rotatable bonds is 8. The average molecular weight is 329 g/mol. The lowest BCUT2D eigenvalue weighted by Gasteiger charge is -2.25. The standard InChI is InChI=1S/C13H23N5O5/c14-7-10(19)18-6-2-4-9(18)11(20)17-8(12(21)22)3-1-5-16-13(15)23/h8-9H,1-7,14H2,(H,17,20)(H,21,22)(H3,15,16,23)/t8-,9-/m0/s1. The number of nitrogens with zero attached hydrogens (tertiary/aromatic N) is 1. The molecule has 0 saturated carbocycles. The third kappa shape index (κ3) is 5.74. The summed E-state index contributed by atoms with van der Waals surface area (Å²) in [7, 11) is 0. The third-order valence-electron chi connectivity index (χ3n) is 3.63. The number of aliphatic carboxylic acids is 1. The number of carboxylic acid groups (broad SMARTS) is 1. The highest BCUT2D eigenvalue weighted by Crippen LogP contribution is 2.17. The first-order valence-corrected chi connectivity index (χ1v) is 7.42. The minimum absolute atomic E-state index is 0.138. The molecule has 1 heterocycles. The van der Waals surface area contributed by atoms with Gasteiger partial charge in [-0.1, -0.05) is 0 Å². The molecule has 0 aromatic heterocycles. The van der Waals surface area contributed by atoms with Crippen molar-refractivity contribution >= 4 is 23.8 Å². The minimum Gasteiger partial charge on any atom is -0.480 e. The monoisotopic (exact) mass is 329 g/mol. The van der Waals surface area contributed by atoms with Crippen molar-refractivity contribution in [2.45, 2.75) is 37.8 Å². The fraction of sp³-hybridized carbons (Fsp3) is 0.692. The number of nitrogens with one attached hydrogen (secondary N) is 2. The molecule has 1 fully saturated rings. The molecule has 0 aromatic carbocycles. The van der Waals surface area contributed by atoms with Gasteiger partial charge in [0.25, 0.3) is 0 Å². The van der Waals surface area contributed by atoms with Crippen molar-refractivity contribution in [2.24, 2.45) is 11.5 Å². The highest BCUT2D eigenvalue weighted by Gasteiger charge is 2.35. The van der Waals surface area contributed by atoms with Crippen LogP contribution in [0.2, 0.25) is 0 Å². The molecule has 0 unspecified atom stereocenters. The number of carboxylic acids is 1. The van der Waals surface area contributed by atoms with Gasteiger partial charge in [-0.3, -0.25) is 9.59 Å². The van der Waals surface area contributed by atoms with Gasteiger partial charge in [0, 0.05) is 13.1 Å². The van der Waals surface area contributed by atoms with Crippen molar-refractivity contribution in [3.05, 3.63) is 0 Å². The van der Waals surface area contributed by atoms with Crippen LogP contribution in [0.15, 0.2) is 0 Å². The number of carbonyl (C=O) groups excluding carboxylic acids is 3. The van der Waals surface area contributed by atoms with Gasteiger partial charge in [0.2, 0.25) is 11.8 Å². The van der Waals surface area contributed by atoms with Gasteiger partial charge in [-0.15, -0.1) is 0 Å². The molecule has 0 aromatic rings. The van der Waals surface area contributed by atoms with Crippen LogP contribution >= 0.6 is 0 Å².